The first-order chi connectivity index (χ1) is 14.5. The highest BCUT2D eigenvalue weighted by atomic mass is 16.5. The predicted molar refractivity (Wildman–Crippen MR) is 117 cm³/mol. The number of carbonyl (C=O) groups excluding carboxylic acids is 2. The topological polar surface area (TPSA) is 73.9 Å². The van der Waals surface area contributed by atoms with E-state index in [0.717, 1.165) is 34.9 Å². The lowest BCUT2D eigenvalue weighted by Gasteiger charge is -2.37. The van der Waals surface area contributed by atoms with Gasteiger partial charge in [-0.15, -0.1) is 0 Å². The van der Waals surface area contributed by atoms with E-state index in [1.807, 2.05) is 42.2 Å². The van der Waals surface area contributed by atoms with E-state index in [1.54, 1.807) is 7.11 Å². The van der Waals surface area contributed by atoms with Crippen LogP contribution in [0.5, 0.6) is 5.75 Å². The van der Waals surface area contributed by atoms with Crippen LogP contribution in [0.15, 0.2) is 36.4 Å². The zero-order valence-corrected chi connectivity index (χ0v) is 17.7. The fraction of sp³-hybridized carbons (Fsp3) is 0.478. The van der Waals surface area contributed by atoms with Crippen molar-refractivity contribution in [3.63, 3.8) is 0 Å². The normalized spacial score (nSPS) is 18.1. The van der Waals surface area contributed by atoms with E-state index in [-0.39, 0.29) is 18.0 Å². The minimum atomic E-state index is -0.146. The van der Waals surface area contributed by atoms with Crippen molar-refractivity contribution < 1.29 is 14.3 Å². The van der Waals surface area contributed by atoms with Crippen molar-refractivity contribution >= 4 is 22.7 Å². The number of fused-ring (bicyclic) bond motifs is 1. The number of amides is 3. The summed E-state index contributed by atoms with van der Waals surface area (Å²) in [6.07, 6.45) is 2.19. The zero-order valence-electron chi connectivity index (χ0n) is 17.7. The van der Waals surface area contributed by atoms with Crippen molar-refractivity contribution in [1.82, 2.24) is 20.4 Å². The lowest BCUT2D eigenvalue weighted by molar-refractivity contribution is -0.126. The van der Waals surface area contributed by atoms with E-state index < -0.39 is 0 Å². The fourth-order valence-electron chi connectivity index (χ4n) is 3.83. The molecule has 0 aromatic heterocycles. The van der Waals surface area contributed by atoms with Gasteiger partial charge in [0.05, 0.1) is 13.2 Å². The summed E-state index contributed by atoms with van der Waals surface area (Å²) in [7, 11) is 1.66. The number of nitrogens with one attached hydrogen (secondary N) is 2. The number of carbonyl (C=O) groups is 2. The largest absolute Gasteiger partial charge is 0.497 e. The van der Waals surface area contributed by atoms with Gasteiger partial charge in [-0.25, -0.2) is 4.79 Å². The van der Waals surface area contributed by atoms with Gasteiger partial charge in [0, 0.05) is 38.8 Å². The second kappa shape index (κ2) is 8.92. The maximum atomic E-state index is 12.6. The van der Waals surface area contributed by atoms with Gasteiger partial charge in [-0.1, -0.05) is 18.2 Å². The molecule has 2 fully saturated rings. The highest BCUT2D eigenvalue weighted by Gasteiger charge is 2.30. The smallest absolute Gasteiger partial charge is 0.317 e. The molecule has 2 aliphatic rings. The zero-order chi connectivity index (χ0) is 21.1. The van der Waals surface area contributed by atoms with E-state index in [9.17, 15) is 9.59 Å². The Morgan fingerprint density at radius 1 is 1.07 bits per heavy atom. The molecule has 0 bridgehead atoms. The number of ether oxygens (including phenoxy) is 1. The van der Waals surface area contributed by atoms with Crippen molar-refractivity contribution in [2.24, 2.45) is 0 Å². The van der Waals surface area contributed by atoms with Crippen molar-refractivity contribution in [2.45, 2.75) is 38.4 Å². The van der Waals surface area contributed by atoms with E-state index in [0.29, 0.717) is 38.8 Å². The number of urea groups is 1. The summed E-state index contributed by atoms with van der Waals surface area (Å²) >= 11 is 0. The molecule has 2 aromatic carbocycles. The molecule has 1 saturated carbocycles. The first kappa shape index (κ1) is 20.5. The number of benzene rings is 2. The molecule has 4 rings (SSSR count). The van der Waals surface area contributed by atoms with E-state index in [1.165, 1.54) is 0 Å². The molecule has 2 N–H and O–H groups in total. The summed E-state index contributed by atoms with van der Waals surface area (Å²) in [5, 5.41) is 8.31. The van der Waals surface area contributed by atoms with Gasteiger partial charge in [-0.05, 0) is 54.3 Å². The summed E-state index contributed by atoms with van der Waals surface area (Å²) in [5.74, 6) is 0.936. The molecule has 1 heterocycles. The molecule has 3 amide bonds. The third kappa shape index (κ3) is 4.84. The fourth-order valence-corrected chi connectivity index (χ4v) is 3.83. The number of rotatable bonds is 6. The summed E-state index contributed by atoms with van der Waals surface area (Å²) in [6, 6.07) is 12.3. The van der Waals surface area contributed by atoms with Crippen LogP contribution < -0.4 is 15.4 Å². The lowest BCUT2D eigenvalue weighted by Crippen LogP contribution is -2.56. The van der Waals surface area contributed by atoms with Gasteiger partial charge in [0.15, 0.2) is 0 Å². The van der Waals surface area contributed by atoms with Crippen LogP contribution in [0.4, 0.5) is 4.79 Å². The second-order valence-electron chi connectivity index (χ2n) is 8.19. The predicted octanol–water partition coefficient (Wildman–Crippen LogP) is 2.34. The molecule has 30 heavy (non-hydrogen) atoms. The Hall–Kier alpha value is -2.80. The maximum absolute atomic E-state index is 12.6. The van der Waals surface area contributed by atoms with Crippen LogP contribution in [-0.2, 0) is 11.3 Å². The van der Waals surface area contributed by atoms with Gasteiger partial charge in [0.1, 0.15) is 5.75 Å². The van der Waals surface area contributed by atoms with Gasteiger partial charge in [0.25, 0.3) is 0 Å². The van der Waals surface area contributed by atoms with Crippen LogP contribution in [0.25, 0.3) is 10.8 Å². The van der Waals surface area contributed by atoms with Crippen molar-refractivity contribution in [3.8, 4) is 5.75 Å². The maximum Gasteiger partial charge on any atom is 0.317 e. The summed E-state index contributed by atoms with van der Waals surface area (Å²) in [4.78, 5) is 28.8. The Bertz CT molecular complexity index is 920. The van der Waals surface area contributed by atoms with Crippen LogP contribution >= 0.6 is 0 Å². The third-order valence-corrected chi connectivity index (χ3v) is 6.01. The molecule has 1 unspecified atom stereocenters. The molecule has 1 atom stereocenters. The van der Waals surface area contributed by atoms with Gasteiger partial charge >= 0.3 is 6.03 Å². The molecule has 0 spiro atoms. The van der Waals surface area contributed by atoms with Crippen LogP contribution in [0, 0.1) is 0 Å². The monoisotopic (exact) mass is 410 g/mol. The highest BCUT2D eigenvalue weighted by Crippen LogP contribution is 2.22. The average Bonchev–Trinajstić information content (AvgIpc) is 3.60. The summed E-state index contributed by atoms with van der Waals surface area (Å²) in [5.41, 5.74) is 1.06. The molecule has 7 heteroatoms. The molecule has 7 nitrogen and oxygen atoms in total. The number of hydrogen-bond donors (Lipinski definition) is 2. The van der Waals surface area contributed by atoms with Crippen LogP contribution in [0.2, 0.25) is 0 Å². The molecule has 1 aliphatic carbocycles. The van der Waals surface area contributed by atoms with Crippen molar-refractivity contribution in [1.29, 1.82) is 0 Å². The van der Waals surface area contributed by atoms with Gasteiger partial charge in [-0.3, -0.25) is 9.69 Å². The average molecular weight is 411 g/mol. The Kier molecular flexibility index (Phi) is 6.08. The molecular formula is C23H30N4O3. The Morgan fingerprint density at radius 2 is 1.77 bits per heavy atom. The number of methoxy groups -OCH3 is 1. The minimum absolute atomic E-state index is 0.0560. The molecule has 160 valence electrons. The Labute approximate surface area is 177 Å². The van der Waals surface area contributed by atoms with Crippen LogP contribution in [0.1, 0.15) is 25.3 Å². The molecule has 2 aromatic rings. The van der Waals surface area contributed by atoms with Crippen LogP contribution in [0.3, 0.4) is 0 Å². The van der Waals surface area contributed by atoms with Crippen molar-refractivity contribution in [2.75, 3.05) is 33.3 Å². The SMILES string of the molecule is COc1ccc2cc(CNC(=O)N3CCN(C(C)C(=O)NC4CC4)CC3)ccc2c1. The van der Waals surface area contributed by atoms with E-state index in [4.69, 9.17) is 4.74 Å². The van der Waals surface area contributed by atoms with Crippen molar-refractivity contribution in [3.05, 3.63) is 42.0 Å². The number of piperazine rings is 1. The highest BCUT2D eigenvalue weighted by molar-refractivity contribution is 5.85. The first-order valence-corrected chi connectivity index (χ1v) is 10.7. The molecular weight excluding hydrogens is 380 g/mol. The van der Waals surface area contributed by atoms with Gasteiger partial charge in [-0.2, -0.15) is 0 Å². The van der Waals surface area contributed by atoms with Crippen LogP contribution in [-0.4, -0.2) is 67.1 Å². The molecule has 0 radical (unpaired) electrons. The number of hydrogen-bond acceptors (Lipinski definition) is 4. The van der Waals surface area contributed by atoms with Gasteiger partial charge < -0.3 is 20.3 Å². The first-order valence-electron chi connectivity index (χ1n) is 10.7. The van der Waals surface area contributed by atoms with E-state index >= 15 is 0 Å². The second-order valence-corrected chi connectivity index (χ2v) is 8.19. The quantitative estimate of drug-likeness (QED) is 0.767. The minimum Gasteiger partial charge on any atom is -0.497 e. The molecule has 1 saturated heterocycles. The number of nitrogens with zero attached hydrogens (tertiary/aromatic N) is 2. The third-order valence-electron chi connectivity index (χ3n) is 6.01. The van der Waals surface area contributed by atoms with E-state index in [2.05, 4.69) is 21.6 Å². The Morgan fingerprint density at radius 3 is 2.47 bits per heavy atom. The van der Waals surface area contributed by atoms with Gasteiger partial charge in [0.2, 0.25) is 5.91 Å². The standard InChI is InChI=1S/C23H30N4O3/c1-16(22(28)25-20-6-7-20)26-9-11-27(12-10-26)23(29)24-15-17-3-4-19-14-21(30-2)8-5-18(19)13-17/h3-5,8,13-14,16,20H,6-7,9-12,15H2,1-2H3,(H,24,29)(H,25,28). The Balaban J connectivity index is 1.25. The summed E-state index contributed by atoms with van der Waals surface area (Å²) < 4.78 is 5.27. The molecule has 1 aliphatic heterocycles. The summed E-state index contributed by atoms with van der Waals surface area (Å²) in [6.45, 7) is 5.12. The lowest BCUT2D eigenvalue weighted by atomic mass is 10.1.